The van der Waals surface area contributed by atoms with Gasteiger partial charge in [0.2, 0.25) is 5.91 Å². The van der Waals surface area contributed by atoms with Crippen LogP contribution in [0.15, 0.2) is 0 Å². The molecule has 18 heavy (non-hydrogen) atoms. The number of likely N-dealkylation sites (tertiary alicyclic amines) is 1. The summed E-state index contributed by atoms with van der Waals surface area (Å²) in [5.41, 5.74) is 0. The Kier molecular flexibility index (Phi) is 5.87. The second-order valence-electron chi connectivity index (χ2n) is 4.67. The van der Waals surface area contributed by atoms with Crippen LogP contribution in [0.2, 0.25) is 0 Å². The minimum absolute atomic E-state index is 0.0884. The Morgan fingerprint density at radius 1 is 1.50 bits per heavy atom. The number of carbonyl (C=O) groups is 2. The number of hydrogen-bond acceptors (Lipinski definition) is 4. The fourth-order valence-corrected chi connectivity index (χ4v) is 2.06. The quantitative estimate of drug-likeness (QED) is 0.518. The van der Waals surface area contributed by atoms with Crippen molar-refractivity contribution in [2.24, 2.45) is 0 Å². The third-order valence-corrected chi connectivity index (χ3v) is 2.88. The Hall–Kier alpha value is -1.34. The smallest absolute Gasteiger partial charge is 0.404 e. The van der Waals surface area contributed by atoms with E-state index in [1.54, 1.807) is 6.92 Å². The molecule has 2 atom stereocenters. The fraction of sp³-hybridized carbons (Fsp3) is 0.818. The summed E-state index contributed by atoms with van der Waals surface area (Å²) in [5.74, 6) is -0.146. The fourth-order valence-electron chi connectivity index (χ4n) is 2.06. The Morgan fingerprint density at radius 3 is 2.83 bits per heavy atom. The van der Waals surface area contributed by atoms with Crippen molar-refractivity contribution in [3.05, 3.63) is 0 Å². The summed E-state index contributed by atoms with van der Waals surface area (Å²) in [6.45, 7) is 3.21. The van der Waals surface area contributed by atoms with Crippen LogP contribution in [0.3, 0.4) is 0 Å². The lowest BCUT2D eigenvalue weighted by Crippen LogP contribution is -2.50. The molecule has 0 saturated carbocycles. The van der Waals surface area contributed by atoms with E-state index in [-0.39, 0.29) is 31.1 Å². The average molecular weight is 259 g/mol. The molecule has 0 radical (unpaired) electrons. The average Bonchev–Trinajstić information content (AvgIpc) is 2.28. The highest BCUT2D eigenvalue weighted by Gasteiger charge is 2.22. The van der Waals surface area contributed by atoms with Crippen LogP contribution < -0.4 is 10.6 Å². The van der Waals surface area contributed by atoms with E-state index < -0.39 is 6.09 Å². The Balaban J connectivity index is 2.33. The number of aliphatic hydroxyl groups excluding tert-OH is 1. The molecular weight excluding hydrogens is 238 g/mol. The number of piperidine rings is 1. The van der Waals surface area contributed by atoms with Gasteiger partial charge in [-0.2, -0.15) is 0 Å². The Bertz CT molecular complexity index is 298. The maximum atomic E-state index is 11.6. The molecule has 104 valence electrons. The van der Waals surface area contributed by atoms with Gasteiger partial charge in [-0.25, -0.2) is 4.79 Å². The molecule has 0 aromatic heterocycles. The number of nitrogens with zero attached hydrogens (tertiary/aromatic N) is 1. The van der Waals surface area contributed by atoms with Gasteiger partial charge in [0.1, 0.15) is 0 Å². The molecule has 1 aliphatic rings. The van der Waals surface area contributed by atoms with Gasteiger partial charge in [-0.1, -0.05) is 0 Å². The first kappa shape index (κ1) is 14.7. The van der Waals surface area contributed by atoms with Crippen molar-refractivity contribution in [1.82, 2.24) is 15.5 Å². The maximum Gasteiger partial charge on any atom is 0.404 e. The zero-order valence-corrected chi connectivity index (χ0v) is 10.6. The van der Waals surface area contributed by atoms with Crippen molar-refractivity contribution in [3.63, 3.8) is 0 Å². The topological polar surface area (TPSA) is 102 Å². The van der Waals surface area contributed by atoms with Crippen LogP contribution in [-0.2, 0) is 4.79 Å². The third kappa shape index (κ3) is 5.33. The predicted molar refractivity (Wildman–Crippen MR) is 65.3 cm³/mol. The summed E-state index contributed by atoms with van der Waals surface area (Å²) in [5, 5.41) is 22.6. The third-order valence-electron chi connectivity index (χ3n) is 2.88. The van der Waals surface area contributed by atoms with E-state index in [1.807, 2.05) is 4.90 Å². The van der Waals surface area contributed by atoms with Gasteiger partial charge in [0.15, 0.2) is 0 Å². The normalized spacial score (nSPS) is 22.2. The standard InChI is InChI=1S/C11H21N3O4/c1-8(7-15)12-10(16)6-14-4-2-3-9(5-14)13-11(17)18/h8-9,13,15H,2-7H2,1H3,(H,12,16)(H,17,18)/t8-,9+/m0/s1. The van der Waals surface area contributed by atoms with Crippen LogP contribution in [0.25, 0.3) is 0 Å². The van der Waals surface area contributed by atoms with Crippen LogP contribution in [0, 0.1) is 0 Å². The second kappa shape index (κ2) is 7.17. The predicted octanol–water partition coefficient (Wildman–Crippen LogP) is -0.785. The molecule has 4 N–H and O–H groups in total. The summed E-state index contributed by atoms with van der Waals surface area (Å²) in [7, 11) is 0. The summed E-state index contributed by atoms with van der Waals surface area (Å²) in [6.07, 6.45) is 0.644. The van der Waals surface area contributed by atoms with E-state index in [9.17, 15) is 9.59 Å². The number of carbonyl (C=O) groups excluding carboxylic acids is 1. The Labute approximate surface area is 106 Å². The molecule has 7 heteroatoms. The number of amides is 2. The molecule has 0 aromatic rings. The first-order valence-electron chi connectivity index (χ1n) is 6.13. The van der Waals surface area contributed by atoms with E-state index in [1.165, 1.54) is 0 Å². The largest absolute Gasteiger partial charge is 0.465 e. The van der Waals surface area contributed by atoms with E-state index in [2.05, 4.69) is 10.6 Å². The molecule has 0 unspecified atom stereocenters. The first-order valence-corrected chi connectivity index (χ1v) is 6.13. The monoisotopic (exact) mass is 259 g/mol. The number of nitrogens with one attached hydrogen (secondary N) is 2. The molecule has 1 heterocycles. The highest BCUT2D eigenvalue weighted by molar-refractivity contribution is 5.78. The summed E-state index contributed by atoms with van der Waals surface area (Å²) in [6, 6.07) is -0.366. The lowest BCUT2D eigenvalue weighted by atomic mass is 10.1. The number of rotatable bonds is 5. The van der Waals surface area contributed by atoms with Crippen LogP contribution in [0.5, 0.6) is 0 Å². The van der Waals surface area contributed by atoms with E-state index >= 15 is 0 Å². The van der Waals surface area contributed by atoms with Gasteiger partial charge in [-0.3, -0.25) is 9.69 Å². The molecule has 1 saturated heterocycles. The van der Waals surface area contributed by atoms with Crippen LogP contribution in [-0.4, -0.2) is 65.4 Å². The first-order chi connectivity index (χ1) is 8.51. The highest BCUT2D eigenvalue weighted by atomic mass is 16.4. The van der Waals surface area contributed by atoms with Crippen molar-refractivity contribution in [2.75, 3.05) is 26.2 Å². The van der Waals surface area contributed by atoms with Gasteiger partial charge in [-0.15, -0.1) is 0 Å². The minimum atomic E-state index is -1.03. The molecule has 1 aliphatic heterocycles. The van der Waals surface area contributed by atoms with Crippen molar-refractivity contribution < 1.29 is 19.8 Å². The SMILES string of the molecule is C[C@@H](CO)NC(=O)CN1CCC[C@@H](NC(=O)O)C1. The van der Waals surface area contributed by atoms with Gasteiger partial charge in [0.25, 0.3) is 0 Å². The van der Waals surface area contributed by atoms with Crippen molar-refractivity contribution in [3.8, 4) is 0 Å². The van der Waals surface area contributed by atoms with Crippen LogP contribution in [0.1, 0.15) is 19.8 Å². The molecule has 7 nitrogen and oxygen atoms in total. The van der Waals surface area contributed by atoms with Crippen LogP contribution >= 0.6 is 0 Å². The van der Waals surface area contributed by atoms with E-state index in [0.717, 1.165) is 19.4 Å². The summed E-state index contributed by atoms with van der Waals surface area (Å²) >= 11 is 0. The molecule has 1 fully saturated rings. The maximum absolute atomic E-state index is 11.6. The molecular formula is C11H21N3O4. The minimum Gasteiger partial charge on any atom is -0.465 e. The molecule has 0 aliphatic carbocycles. The zero-order chi connectivity index (χ0) is 13.5. The number of carboxylic acid groups (broad SMARTS) is 1. The highest BCUT2D eigenvalue weighted by Crippen LogP contribution is 2.09. The molecule has 0 spiro atoms. The van der Waals surface area contributed by atoms with Crippen LogP contribution in [0.4, 0.5) is 4.79 Å². The number of aliphatic hydroxyl groups is 1. The van der Waals surface area contributed by atoms with Gasteiger partial charge in [0, 0.05) is 18.6 Å². The Morgan fingerprint density at radius 2 is 2.22 bits per heavy atom. The summed E-state index contributed by atoms with van der Waals surface area (Å²) in [4.78, 5) is 24.1. The molecule has 0 bridgehead atoms. The lowest BCUT2D eigenvalue weighted by Gasteiger charge is -2.32. The van der Waals surface area contributed by atoms with E-state index in [0.29, 0.717) is 6.54 Å². The van der Waals surface area contributed by atoms with Gasteiger partial charge in [-0.05, 0) is 26.3 Å². The summed E-state index contributed by atoms with van der Waals surface area (Å²) < 4.78 is 0. The van der Waals surface area contributed by atoms with Gasteiger partial charge >= 0.3 is 6.09 Å². The van der Waals surface area contributed by atoms with Crippen molar-refractivity contribution in [1.29, 1.82) is 0 Å². The van der Waals surface area contributed by atoms with Crippen molar-refractivity contribution >= 4 is 12.0 Å². The van der Waals surface area contributed by atoms with Crippen molar-refractivity contribution in [2.45, 2.75) is 31.8 Å². The van der Waals surface area contributed by atoms with Gasteiger partial charge < -0.3 is 20.8 Å². The molecule has 2 amide bonds. The molecule has 1 rings (SSSR count). The van der Waals surface area contributed by atoms with E-state index in [4.69, 9.17) is 10.2 Å². The molecule has 0 aromatic carbocycles. The van der Waals surface area contributed by atoms with Gasteiger partial charge in [0.05, 0.1) is 13.2 Å². The lowest BCUT2D eigenvalue weighted by molar-refractivity contribution is -0.123. The second-order valence-corrected chi connectivity index (χ2v) is 4.67. The number of hydrogen-bond donors (Lipinski definition) is 4. The zero-order valence-electron chi connectivity index (χ0n) is 10.6.